The van der Waals surface area contributed by atoms with Crippen LogP contribution in [0, 0.1) is 10.8 Å². The van der Waals surface area contributed by atoms with Gasteiger partial charge in [0.05, 0.1) is 0 Å². The van der Waals surface area contributed by atoms with Crippen LogP contribution in [0.2, 0.25) is 0 Å². The van der Waals surface area contributed by atoms with Gasteiger partial charge in [-0.1, -0.05) is 12.2 Å². The molecule has 0 radical (unpaired) electrons. The number of hydrogen-bond acceptors (Lipinski definition) is 8. The number of alkyl halides is 12. The highest BCUT2D eigenvalue weighted by atomic mass is 19.4. The highest BCUT2D eigenvalue weighted by Crippen LogP contribution is 2.69. The van der Waals surface area contributed by atoms with Crippen molar-refractivity contribution in [3.63, 3.8) is 0 Å². The number of allylic oxidation sites excluding steroid dienone is 2. The maximum Gasteiger partial charge on any atom is 0.411 e. The van der Waals surface area contributed by atoms with Gasteiger partial charge in [-0.3, -0.25) is 22.9 Å². The zero-order valence-corrected chi connectivity index (χ0v) is 16.9. The third-order valence-corrected chi connectivity index (χ3v) is 6.17. The van der Waals surface area contributed by atoms with E-state index in [4.69, 9.17) is 22.9 Å². The standard InChI is InChI=1S/C16H16F12N4O4/c17-13(18,19)9(14(20,21)22)5(1-3-7(29,33)11(9,31)35)6-2-4-8(30,34)12(32,36)10(6,15(23,24)25)16(26,27)28/h1-4,33-36H,29-32H2. The lowest BCUT2D eigenvalue weighted by atomic mass is 9.55. The number of hydrogen-bond donors (Lipinski definition) is 8. The molecule has 0 aromatic heterocycles. The average molecular weight is 556 g/mol. The van der Waals surface area contributed by atoms with Gasteiger partial charge in [0.15, 0.2) is 22.9 Å². The Morgan fingerprint density at radius 3 is 0.833 bits per heavy atom. The topological polar surface area (TPSA) is 185 Å². The number of aliphatic hydroxyl groups is 4. The van der Waals surface area contributed by atoms with Gasteiger partial charge in [0.1, 0.15) is 0 Å². The minimum absolute atomic E-state index is 0.449. The van der Waals surface area contributed by atoms with Gasteiger partial charge in [0.2, 0.25) is 10.8 Å². The quantitative estimate of drug-likeness (QED) is 0.154. The molecule has 12 N–H and O–H groups in total. The van der Waals surface area contributed by atoms with Crippen molar-refractivity contribution in [2.75, 3.05) is 0 Å². The smallest absolute Gasteiger partial charge is 0.370 e. The summed E-state index contributed by atoms with van der Waals surface area (Å²) in [4.78, 5) is 0. The molecule has 0 aromatic rings. The van der Waals surface area contributed by atoms with Gasteiger partial charge in [0.25, 0.3) is 0 Å². The molecule has 0 saturated carbocycles. The fourth-order valence-electron chi connectivity index (χ4n) is 4.32. The molecule has 4 atom stereocenters. The first kappa shape index (κ1) is 30.3. The first-order valence-electron chi connectivity index (χ1n) is 8.89. The molecule has 208 valence electrons. The summed E-state index contributed by atoms with van der Waals surface area (Å²) in [5.74, 6) is 0. The minimum atomic E-state index is -7.14. The van der Waals surface area contributed by atoms with Crippen molar-refractivity contribution in [2.45, 2.75) is 47.6 Å². The fraction of sp³-hybridized carbons (Fsp3) is 0.625. The Bertz CT molecular complexity index is 908. The molecule has 4 unspecified atom stereocenters. The third kappa shape index (κ3) is 3.22. The van der Waals surface area contributed by atoms with E-state index in [1.54, 1.807) is 0 Å². The molecular weight excluding hydrogens is 540 g/mol. The normalized spacial score (nSPS) is 39.4. The number of rotatable bonds is 0. The van der Waals surface area contributed by atoms with Crippen molar-refractivity contribution in [3.05, 3.63) is 35.5 Å². The first-order valence-corrected chi connectivity index (χ1v) is 8.89. The molecule has 0 heterocycles. The average Bonchev–Trinajstić information content (AvgIpc) is 2.54. The van der Waals surface area contributed by atoms with E-state index in [1.165, 1.54) is 0 Å². The lowest BCUT2D eigenvalue weighted by molar-refractivity contribution is -0.402. The molecule has 2 aliphatic rings. The molecule has 0 amide bonds. The molecule has 0 spiro atoms. The molecule has 20 heteroatoms. The van der Waals surface area contributed by atoms with Gasteiger partial charge >= 0.3 is 24.7 Å². The number of halogens is 12. The molecule has 0 bridgehead atoms. The highest BCUT2D eigenvalue weighted by molar-refractivity contribution is 5.55. The van der Waals surface area contributed by atoms with Gasteiger partial charge in [-0.2, -0.15) is 52.7 Å². The Morgan fingerprint density at radius 1 is 0.472 bits per heavy atom. The summed E-state index contributed by atoms with van der Waals surface area (Å²) in [7, 11) is 0. The maximum atomic E-state index is 14.2. The monoisotopic (exact) mass is 556 g/mol. The van der Waals surface area contributed by atoms with Crippen LogP contribution in [0.25, 0.3) is 0 Å². The van der Waals surface area contributed by atoms with Crippen LogP contribution in [0.4, 0.5) is 52.7 Å². The van der Waals surface area contributed by atoms with Crippen molar-refractivity contribution >= 4 is 0 Å². The maximum absolute atomic E-state index is 14.2. The van der Waals surface area contributed by atoms with Crippen molar-refractivity contribution < 1.29 is 73.1 Å². The molecule has 0 aliphatic heterocycles. The van der Waals surface area contributed by atoms with Crippen molar-refractivity contribution in [1.29, 1.82) is 0 Å². The van der Waals surface area contributed by atoms with Gasteiger partial charge in [0, 0.05) is 0 Å². The van der Waals surface area contributed by atoms with E-state index in [0.29, 0.717) is 0 Å². The molecule has 0 aromatic carbocycles. The van der Waals surface area contributed by atoms with Crippen LogP contribution in [0.15, 0.2) is 35.5 Å². The number of nitrogens with two attached hydrogens (primary N) is 4. The van der Waals surface area contributed by atoms with E-state index in [1.807, 2.05) is 0 Å². The van der Waals surface area contributed by atoms with Crippen LogP contribution in [-0.2, 0) is 0 Å². The predicted octanol–water partition coefficient (Wildman–Crippen LogP) is 0.234. The Balaban J connectivity index is 3.50. The molecular formula is C16H16F12N4O4. The largest absolute Gasteiger partial charge is 0.411 e. The van der Waals surface area contributed by atoms with Gasteiger partial charge < -0.3 is 20.4 Å². The van der Waals surface area contributed by atoms with E-state index in [0.717, 1.165) is 0 Å². The Labute approximate surface area is 191 Å². The summed E-state index contributed by atoms with van der Waals surface area (Å²) in [6, 6.07) is 0. The van der Waals surface area contributed by atoms with E-state index in [-0.39, 0.29) is 0 Å². The zero-order chi connectivity index (χ0) is 29.0. The second kappa shape index (κ2) is 7.34. The van der Waals surface area contributed by atoms with Crippen LogP contribution in [-0.4, -0.2) is 68.0 Å². The Morgan fingerprint density at radius 2 is 0.667 bits per heavy atom. The summed E-state index contributed by atoms with van der Waals surface area (Å²) in [6.45, 7) is 0. The van der Waals surface area contributed by atoms with Gasteiger partial charge in [-0.05, 0) is 23.3 Å². The molecule has 8 nitrogen and oxygen atoms in total. The second-order valence-electron chi connectivity index (χ2n) is 8.17. The van der Waals surface area contributed by atoms with Crippen LogP contribution in [0.3, 0.4) is 0 Å². The van der Waals surface area contributed by atoms with Gasteiger partial charge in [-0.15, -0.1) is 0 Å². The molecule has 2 rings (SSSR count). The molecule has 36 heavy (non-hydrogen) atoms. The first-order chi connectivity index (χ1) is 15.4. The van der Waals surface area contributed by atoms with Crippen molar-refractivity contribution in [2.24, 2.45) is 33.8 Å². The zero-order valence-electron chi connectivity index (χ0n) is 16.9. The molecule has 0 saturated heterocycles. The van der Waals surface area contributed by atoms with E-state index < -0.39 is 93.9 Å². The van der Waals surface area contributed by atoms with Crippen molar-refractivity contribution in [3.8, 4) is 0 Å². The predicted molar refractivity (Wildman–Crippen MR) is 90.9 cm³/mol. The summed E-state index contributed by atoms with van der Waals surface area (Å²) < 4.78 is 170. The summed E-state index contributed by atoms with van der Waals surface area (Å²) in [5, 5.41) is 39.9. The lowest BCUT2D eigenvalue weighted by Crippen LogP contribution is -2.83. The highest BCUT2D eigenvalue weighted by Gasteiger charge is 2.89. The Kier molecular flexibility index (Phi) is 6.17. The summed E-state index contributed by atoms with van der Waals surface area (Å²) >= 11 is 0. The van der Waals surface area contributed by atoms with E-state index >= 15 is 0 Å². The van der Waals surface area contributed by atoms with Crippen molar-refractivity contribution in [1.82, 2.24) is 0 Å². The van der Waals surface area contributed by atoms with E-state index in [2.05, 4.69) is 0 Å². The summed E-state index contributed by atoms with van der Waals surface area (Å²) in [6.07, 6.45) is -31.0. The molecule has 0 fully saturated rings. The minimum Gasteiger partial charge on any atom is -0.370 e. The second-order valence-corrected chi connectivity index (χ2v) is 8.17. The van der Waals surface area contributed by atoms with Crippen LogP contribution in [0.5, 0.6) is 0 Å². The Hall–Kier alpha value is -1.94. The van der Waals surface area contributed by atoms with E-state index in [9.17, 15) is 73.1 Å². The van der Waals surface area contributed by atoms with Crippen LogP contribution >= 0.6 is 0 Å². The van der Waals surface area contributed by atoms with Crippen LogP contribution in [0.1, 0.15) is 0 Å². The lowest BCUT2D eigenvalue weighted by Gasteiger charge is -2.58. The molecule has 2 aliphatic carbocycles. The SMILES string of the molecule is NC1(O)C=CC(=C2C=CC(N)(O)C(N)(O)C2(C(F)(F)F)C(F)(F)F)C(C(F)(F)F)(C(F)(F)F)C1(N)O. The third-order valence-electron chi connectivity index (χ3n) is 6.17. The fourth-order valence-corrected chi connectivity index (χ4v) is 4.32. The van der Waals surface area contributed by atoms with Gasteiger partial charge in [-0.25, -0.2) is 0 Å². The summed E-state index contributed by atoms with van der Waals surface area (Å²) in [5.41, 5.74) is -19.2. The van der Waals surface area contributed by atoms with Crippen LogP contribution < -0.4 is 22.9 Å².